The van der Waals surface area contributed by atoms with Crippen molar-refractivity contribution >= 4 is 10.0 Å². The number of halogens is 1. The summed E-state index contributed by atoms with van der Waals surface area (Å²) in [7, 11) is -3.77. The summed E-state index contributed by atoms with van der Waals surface area (Å²) in [5.74, 6) is -0.723. The molecule has 7 heteroatoms. The third-order valence-corrected chi connectivity index (χ3v) is 5.69. The first-order valence-corrected chi connectivity index (χ1v) is 8.29. The van der Waals surface area contributed by atoms with Gasteiger partial charge in [0.1, 0.15) is 11.9 Å². The van der Waals surface area contributed by atoms with Crippen molar-refractivity contribution in [2.75, 3.05) is 6.54 Å². The molecule has 1 fully saturated rings. The van der Waals surface area contributed by atoms with Crippen molar-refractivity contribution in [3.8, 4) is 6.07 Å². The van der Waals surface area contributed by atoms with Crippen LogP contribution in [0, 0.1) is 17.1 Å². The van der Waals surface area contributed by atoms with Crippen LogP contribution in [0.5, 0.6) is 0 Å². The smallest absolute Gasteiger partial charge is 0.243 e. The van der Waals surface area contributed by atoms with E-state index in [1.165, 1.54) is 10.4 Å². The molecule has 0 aliphatic carbocycles. The molecule has 0 amide bonds. The summed E-state index contributed by atoms with van der Waals surface area (Å²) in [6.45, 7) is 2.18. The first-order chi connectivity index (χ1) is 9.87. The van der Waals surface area contributed by atoms with E-state index in [1.807, 2.05) is 0 Å². The van der Waals surface area contributed by atoms with Crippen LogP contribution in [-0.4, -0.2) is 31.4 Å². The lowest BCUT2D eigenvalue weighted by atomic mass is 10.00. The monoisotopic (exact) mass is 311 g/mol. The summed E-state index contributed by atoms with van der Waals surface area (Å²) >= 11 is 0. The minimum atomic E-state index is -3.77. The second-order valence-corrected chi connectivity index (χ2v) is 7.18. The molecule has 1 heterocycles. The SMILES string of the molecule is CC(N)C1CCCCN1S(=O)(=O)c1ccc(F)c(C#N)c1. The largest absolute Gasteiger partial charge is 0.326 e. The fourth-order valence-electron chi connectivity index (χ4n) is 2.64. The first-order valence-electron chi connectivity index (χ1n) is 6.85. The van der Waals surface area contributed by atoms with Crippen molar-refractivity contribution in [2.45, 2.75) is 43.2 Å². The van der Waals surface area contributed by atoms with Gasteiger partial charge in [0.2, 0.25) is 10.0 Å². The molecule has 21 heavy (non-hydrogen) atoms. The van der Waals surface area contributed by atoms with Gasteiger partial charge in [-0.15, -0.1) is 0 Å². The predicted octanol–water partition coefficient (Wildman–Crippen LogP) is 1.59. The van der Waals surface area contributed by atoms with Crippen LogP contribution in [0.1, 0.15) is 31.7 Å². The topological polar surface area (TPSA) is 87.2 Å². The van der Waals surface area contributed by atoms with Crippen LogP contribution in [0.25, 0.3) is 0 Å². The molecule has 0 radical (unpaired) electrons. The second kappa shape index (κ2) is 6.10. The second-order valence-electron chi connectivity index (χ2n) is 5.29. The quantitative estimate of drug-likeness (QED) is 0.918. The number of nitriles is 1. The Morgan fingerprint density at radius 2 is 2.19 bits per heavy atom. The minimum absolute atomic E-state index is 0.0620. The van der Waals surface area contributed by atoms with Crippen LogP contribution >= 0.6 is 0 Å². The van der Waals surface area contributed by atoms with Gasteiger partial charge in [-0.3, -0.25) is 0 Å². The Bertz CT molecular complexity index is 667. The molecule has 1 saturated heterocycles. The lowest BCUT2D eigenvalue weighted by molar-refractivity contribution is 0.227. The summed E-state index contributed by atoms with van der Waals surface area (Å²) < 4.78 is 40.2. The fourth-order valence-corrected chi connectivity index (χ4v) is 4.44. The van der Waals surface area contributed by atoms with Gasteiger partial charge in [-0.1, -0.05) is 6.42 Å². The average molecular weight is 311 g/mol. The molecule has 2 atom stereocenters. The Labute approximate surface area is 124 Å². The van der Waals surface area contributed by atoms with Crippen molar-refractivity contribution in [3.63, 3.8) is 0 Å². The molecular formula is C14H18FN3O2S. The first kappa shape index (κ1) is 15.9. The number of nitrogens with zero attached hydrogens (tertiary/aromatic N) is 2. The standard InChI is InChI=1S/C14H18FN3O2S/c1-10(17)14-4-2-3-7-18(14)21(19,20)12-5-6-13(15)11(8-12)9-16/h5-6,8,10,14H,2-4,7,17H2,1H3. The van der Waals surface area contributed by atoms with Gasteiger partial charge in [0.05, 0.1) is 10.5 Å². The molecule has 2 N–H and O–H groups in total. The van der Waals surface area contributed by atoms with Crippen molar-refractivity contribution in [3.05, 3.63) is 29.6 Å². The highest BCUT2D eigenvalue weighted by molar-refractivity contribution is 7.89. The van der Waals surface area contributed by atoms with Crippen molar-refractivity contribution in [1.82, 2.24) is 4.31 Å². The molecule has 1 aromatic carbocycles. The van der Waals surface area contributed by atoms with Crippen LogP contribution < -0.4 is 5.73 Å². The zero-order valence-electron chi connectivity index (χ0n) is 11.8. The van der Waals surface area contributed by atoms with Gasteiger partial charge in [-0.25, -0.2) is 12.8 Å². The summed E-state index contributed by atoms with van der Waals surface area (Å²) in [4.78, 5) is -0.0620. The van der Waals surface area contributed by atoms with E-state index in [1.54, 1.807) is 13.0 Å². The Morgan fingerprint density at radius 3 is 2.81 bits per heavy atom. The van der Waals surface area contributed by atoms with Gasteiger partial charge in [0, 0.05) is 18.6 Å². The average Bonchev–Trinajstić information content (AvgIpc) is 2.47. The van der Waals surface area contributed by atoms with E-state index in [-0.39, 0.29) is 22.5 Å². The zero-order chi connectivity index (χ0) is 15.6. The van der Waals surface area contributed by atoms with Crippen molar-refractivity contribution in [1.29, 1.82) is 5.26 Å². The number of rotatable bonds is 3. The van der Waals surface area contributed by atoms with Crippen LogP contribution in [0.2, 0.25) is 0 Å². The molecule has 114 valence electrons. The maximum atomic E-state index is 13.4. The van der Waals surface area contributed by atoms with E-state index in [4.69, 9.17) is 11.0 Å². The van der Waals surface area contributed by atoms with Crippen molar-refractivity contribution < 1.29 is 12.8 Å². The minimum Gasteiger partial charge on any atom is -0.326 e. The number of hydrogen-bond acceptors (Lipinski definition) is 4. The molecule has 1 aliphatic heterocycles. The predicted molar refractivity (Wildman–Crippen MR) is 76.3 cm³/mol. The van der Waals surface area contributed by atoms with Crippen LogP contribution in [-0.2, 0) is 10.0 Å². The molecule has 0 saturated carbocycles. The Hall–Kier alpha value is -1.49. The highest BCUT2D eigenvalue weighted by Crippen LogP contribution is 2.27. The van der Waals surface area contributed by atoms with Gasteiger partial charge in [0.25, 0.3) is 0 Å². The molecule has 0 aromatic heterocycles. The van der Waals surface area contributed by atoms with Gasteiger partial charge in [-0.05, 0) is 38.0 Å². The van der Waals surface area contributed by atoms with Crippen LogP contribution in [0.4, 0.5) is 4.39 Å². The van der Waals surface area contributed by atoms with E-state index < -0.39 is 15.8 Å². The molecule has 0 bridgehead atoms. The molecular weight excluding hydrogens is 293 g/mol. The zero-order valence-corrected chi connectivity index (χ0v) is 12.6. The van der Waals surface area contributed by atoms with E-state index in [2.05, 4.69) is 0 Å². The third kappa shape index (κ3) is 3.07. The Morgan fingerprint density at radius 1 is 1.48 bits per heavy atom. The summed E-state index contributed by atoms with van der Waals surface area (Å²) in [5, 5.41) is 8.84. The molecule has 1 aromatic rings. The van der Waals surface area contributed by atoms with Gasteiger partial charge >= 0.3 is 0 Å². The Kier molecular flexibility index (Phi) is 4.61. The maximum absolute atomic E-state index is 13.4. The molecule has 2 rings (SSSR count). The number of nitrogens with two attached hydrogens (primary N) is 1. The number of sulfonamides is 1. The summed E-state index contributed by atoms with van der Waals surface area (Å²) in [6.07, 6.45) is 2.42. The number of piperidine rings is 1. The normalized spacial score (nSPS) is 21.7. The van der Waals surface area contributed by atoms with Crippen LogP contribution in [0.3, 0.4) is 0 Å². The highest BCUT2D eigenvalue weighted by atomic mass is 32.2. The molecule has 5 nitrogen and oxygen atoms in total. The maximum Gasteiger partial charge on any atom is 0.243 e. The highest BCUT2D eigenvalue weighted by Gasteiger charge is 2.35. The Balaban J connectivity index is 2.43. The third-order valence-electron chi connectivity index (χ3n) is 3.77. The number of benzene rings is 1. The van der Waals surface area contributed by atoms with E-state index in [0.717, 1.165) is 25.0 Å². The van der Waals surface area contributed by atoms with Gasteiger partial charge in [0.15, 0.2) is 0 Å². The van der Waals surface area contributed by atoms with Gasteiger partial charge < -0.3 is 5.73 Å². The van der Waals surface area contributed by atoms with E-state index >= 15 is 0 Å². The van der Waals surface area contributed by atoms with E-state index in [0.29, 0.717) is 13.0 Å². The molecule has 0 spiro atoms. The van der Waals surface area contributed by atoms with Crippen molar-refractivity contribution in [2.24, 2.45) is 5.73 Å². The summed E-state index contributed by atoms with van der Waals surface area (Å²) in [6, 6.07) is 4.40. The fraction of sp³-hybridized carbons (Fsp3) is 0.500. The lowest BCUT2D eigenvalue weighted by Gasteiger charge is -2.36. The van der Waals surface area contributed by atoms with Crippen LogP contribution in [0.15, 0.2) is 23.1 Å². The molecule has 2 unspecified atom stereocenters. The summed E-state index contributed by atoms with van der Waals surface area (Å²) in [5.41, 5.74) is 5.62. The number of hydrogen-bond donors (Lipinski definition) is 1. The van der Waals surface area contributed by atoms with E-state index in [9.17, 15) is 12.8 Å². The van der Waals surface area contributed by atoms with Gasteiger partial charge in [-0.2, -0.15) is 9.57 Å². The molecule has 1 aliphatic rings. The lowest BCUT2D eigenvalue weighted by Crippen LogP contribution is -2.51.